The fourth-order valence-corrected chi connectivity index (χ4v) is 3.38. The van der Waals surface area contributed by atoms with Gasteiger partial charge in [0.05, 0.1) is 5.71 Å². The first-order valence-corrected chi connectivity index (χ1v) is 8.56. The molecular formula is C19H22N4O. The largest absolute Gasteiger partial charge is 0.271 e. The summed E-state index contributed by atoms with van der Waals surface area (Å²) in [7, 11) is 0. The number of hydrazone groups is 1. The maximum atomic E-state index is 12.3. The number of nitrogens with one attached hydrogen (secondary N) is 3. The Bertz CT molecular complexity index is 792. The summed E-state index contributed by atoms with van der Waals surface area (Å²) in [5.41, 5.74) is 10.9. The van der Waals surface area contributed by atoms with Gasteiger partial charge in [-0.1, -0.05) is 42.5 Å². The van der Waals surface area contributed by atoms with Gasteiger partial charge < -0.3 is 0 Å². The summed E-state index contributed by atoms with van der Waals surface area (Å²) in [4.78, 5) is 12.3. The number of carbonyl (C=O) groups is 1. The molecule has 1 aliphatic heterocycles. The van der Waals surface area contributed by atoms with Crippen molar-refractivity contribution in [3.63, 3.8) is 0 Å². The third kappa shape index (κ3) is 3.05. The Morgan fingerprint density at radius 1 is 1.12 bits per heavy atom. The zero-order valence-electron chi connectivity index (χ0n) is 13.8. The first kappa shape index (κ1) is 15.3. The van der Waals surface area contributed by atoms with Gasteiger partial charge in [-0.15, -0.1) is 0 Å². The molecule has 124 valence electrons. The van der Waals surface area contributed by atoms with Crippen molar-refractivity contribution in [2.24, 2.45) is 11.0 Å². The topological polar surface area (TPSA) is 65.5 Å². The fraction of sp³-hybridized carbons (Fsp3) is 0.368. The van der Waals surface area contributed by atoms with Gasteiger partial charge in [-0.05, 0) is 42.9 Å². The van der Waals surface area contributed by atoms with Gasteiger partial charge in [0, 0.05) is 11.6 Å². The van der Waals surface area contributed by atoms with Crippen LogP contribution < -0.4 is 16.3 Å². The van der Waals surface area contributed by atoms with Crippen LogP contribution >= 0.6 is 0 Å². The number of hydrogen-bond acceptors (Lipinski definition) is 4. The van der Waals surface area contributed by atoms with Crippen LogP contribution in [0, 0.1) is 5.92 Å². The first-order valence-electron chi connectivity index (χ1n) is 8.56. The van der Waals surface area contributed by atoms with Gasteiger partial charge in [0.2, 0.25) is 0 Å². The van der Waals surface area contributed by atoms with Gasteiger partial charge in [-0.25, -0.2) is 10.9 Å². The van der Waals surface area contributed by atoms with Crippen LogP contribution in [0.15, 0.2) is 47.6 Å². The molecule has 1 saturated carbocycles. The van der Waals surface area contributed by atoms with Crippen LogP contribution in [0.5, 0.6) is 0 Å². The number of hydrogen-bond donors (Lipinski definition) is 3. The number of hydrazine groups is 1. The minimum absolute atomic E-state index is 0.0785. The van der Waals surface area contributed by atoms with Crippen LogP contribution in [-0.4, -0.2) is 23.7 Å². The fourth-order valence-electron chi connectivity index (χ4n) is 3.38. The van der Waals surface area contributed by atoms with Gasteiger partial charge in [0.15, 0.2) is 0 Å². The van der Waals surface area contributed by atoms with Crippen LogP contribution in [0.3, 0.4) is 0 Å². The molecule has 1 amide bonds. The van der Waals surface area contributed by atoms with E-state index in [1.54, 1.807) is 0 Å². The standard InChI is InChI=1S/C19H22N4O/c1-12(15-8-4-6-13-5-2-3-7-16(13)15)20-23-19(24)18-11-17(21-22-18)14-9-10-14/h2-8,14,17-18,21-22H,9-11H2,1H3,(H,23,24)/b20-12+. The van der Waals surface area contributed by atoms with E-state index in [4.69, 9.17) is 0 Å². The Hall–Kier alpha value is -2.24. The van der Waals surface area contributed by atoms with Crippen LogP contribution in [0.1, 0.15) is 31.7 Å². The minimum atomic E-state index is -0.209. The number of carbonyl (C=O) groups excluding carboxylic acids is 1. The lowest BCUT2D eigenvalue weighted by Gasteiger charge is -2.09. The van der Waals surface area contributed by atoms with Crippen molar-refractivity contribution in [3.05, 3.63) is 48.0 Å². The number of fused-ring (bicyclic) bond motifs is 1. The van der Waals surface area contributed by atoms with Crippen molar-refractivity contribution >= 4 is 22.4 Å². The Kier molecular flexibility index (Phi) is 4.04. The van der Waals surface area contributed by atoms with E-state index in [0.29, 0.717) is 6.04 Å². The molecule has 5 nitrogen and oxygen atoms in total. The summed E-state index contributed by atoms with van der Waals surface area (Å²) >= 11 is 0. The second-order valence-electron chi connectivity index (χ2n) is 6.72. The molecular weight excluding hydrogens is 300 g/mol. The predicted octanol–water partition coefficient (Wildman–Crippen LogP) is 2.33. The second kappa shape index (κ2) is 6.34. The smallest absolute Gasteiger partial charge is 0.258 e. The molecule has 1 saturated heterocycles. The van der Waals surface area contributed by atoms with Crippen LogP contribution in [-0.2, 0) is 4.79 Å². The normalized spacial score (nSPS) is 24.3. The lowest BCUT2D eigenvalue weighted by Crippen LogP contribution is -2.42. The highest BCUT2D eigenvalue weighted by atomic mass is 16.2. The van der Waals surface area contributed by atoms with E-state index in [2.05, 4.69) is 39.6 Å². The molecule has 2 aromatic carbocycles. The van der Waals surface area contributed by atoms with Crippen LogP contribution in [0.25, 0.3) is 10.8 Å². The second-order valence-corrected chi connectivity index (χ2v) is 6.72. The zero-order chi connectivity index (χ0) is 16.5. The minimum Gasteiger partial charge on any atom is -0.271 e. The average Bonchev–Trinajstić information content (AvgIpc) is 3.35. The van der Waals surface area contributed by atoms with Crippen molar-refractivity contribution in [2.75, 3.05) is 0 Å². The molecule has 0 spiro atoms. The highest BCUT2D eigenvalue weighted by Gasteiger charge is 2.38. The summed E-state index contributed by atoms with van der Waals surface area (Å²) in [6.45, 7) is 1.93. The summed E-state index contributed by atoms with van der Waals surface area (Å²) in [6.07, 6.45) is 3.37. The molecule has 1 heterocycles. The summed E-state index contributed by atoms with van der Waals surface area (Å²) in [5, 5.41) is 6.64. The molecule has 0 bridgehead atoms. The first-order chi connectivity index (χ1) is 11.7. The van der Waals surface area contributed by atoms with Crippen molar-refractivity contribution in [1.29, 1.82) is 0 Å². The molecule has 5 heteroatoms. The van der Waals surface area contributed by atoms with E-state index in [0.717, 1.165) is 29.0 Å². The lowest BCUT2D eigenvalue weighted by atomic mass is 10.0. The maximum Gasteiger partial charge on any atom is 0.258 e. The zero-order valence-corrected chi connectivity index (χ0v) is 13.8. The number of nitrogens with zero attached hydrogens (tertiary/aromatic N) is 1. The number of amides is 1. The Morgan fingerprint density at radius 2 is 1.92 bits per heavy atom. The van der Waals surface area contributed by atoms with Crippen LogP contribution in [0.2, 0.25) is 0 Å². The molecule has 2 atom stereocenters. The van der Waals surface area contributed by atoms with E-state index in [1.807, 2.05) is 31.2 Å². The van der Waals surface area contributed by atoms with Crippen LogP contribution in [0.4, 0.5) is 0 Å². The quantitative estimate of drug-likeness (QED) is 0.598. The molecule has 2 aromatic rings. The number of rotatable bonds is 4. The molecule has 2 fully saturated rings. The third-order valence-corrected chi connectivity index (χ3v) is 4.95. The molecule has 2 aliphatic rings. The summed E-state index contributed by atoms with van der Waals surface area (Å²) in [5.74, 6) is 0.654. The monoisotopic (exact) mass is 322 g/mol. The van der Waals surface area contributed by atoms with E-state index >= 15 is 0 Å². The molecule has 2 unspecified atom stereocenters. The third-order valence-electron chi connectivity index (χ3n) is 4.95. The van der Waals surface area contributed by atoms with E-state index in [9.17, 15) is 4.79 Å². The SMILES string of the molecule is C/C(=N\NC(=O)C1CC(C2CC2)NN1)c1cccc2ccccc12. The summed E-state index contributed by atoms with van der Waals surface area (Å²) < 4.78 is 0. The van der Waals surface area contributed by atoms with E-state index in [1.165, 1.54) is 18.2 Å². The number of benzene rings is 2. The van der Waals surface area contributed by atoms with Crippen molar-refractivity contribution < 1.29 is 4.79 Å². The maximum absolute atomic E-state index is 12.3. The van der Waals surface area contributed by atoms with Crippen molar-refractivity contribution in [1.82, 2.24) is 16.3 Å². The van der Waals surface area contributed by atoms with Crippen molar-refractivity contribution in [3.8, 4) is 0 Å². The average molecular weight is 322 g/mol. The van der Waals surface area contributed by atoms with Crippen molar-refractivity contribution in [2.45, 2.75) is 38.3 Å². The molecule has 24 heavy (non-hydrogen) atoms. The van der Waals surface area contributed by atoms with E-state index in [-0.39, 0.29) is 11.9 Å². The molecule has 4 rings (SSSR count). The van der Waals surface area contributed by atoms with Gasteiger partial charge in [0.25, 0.3) is 5.91 Å². The van der Waals surface area contributed by atoms with Gasteiger partial charge in [0.1, 0.15) is 6.04 Å². The Morgan fingerprint density at radius 3 is 2.75 bits per heavy atom. The highest BCUT2D eigenvalue weighted by Crippen LogP contribution is 2.35. The lowest BCUT2D eigenvalue weighted by molar-refractivity contribution is -0.122. The molecule has 0 radical (unpaired) electrons. The van der Waals surface area contributed by atoms with Gasteiger partial charge in [-0.2, -0.15) is 5.10 Å². The van der Waals surface area contributed by atoms with Gasteiger partial charge in [-0.3, -0.25) is 10.2 Å². The molecule has 3 N–H and O–H groups in total. The molecule has 0 aromatic heterocycles. The van der Waals surface area contributed by atoms with E-state index < -0.39 is 0 Å². The predicted molar refractivity (Wildman–Crippen MR) is 95.5 cm³/mol. The van der Waals surface area contributed by atoms with Gasteiger partial charge >= 0.3 is 0 Å². The molecule has 1 aliphatic carbocycles. The Labute approximate surface area is 141 Å². The Balaban J connectivity index is 1.46. The summed E-state index contributed by atoms with van der Waals surface area (Å²) in [6, 6.07) is 14.5. The highest BCUT2D eigenvalue weighted by molar-refractivity contribution is 6.10.